The Morgan fingerprint density at radius 2 is 2.06 bits per heavy atom. The van der Waals surface area contributed by atoms with Crippen LogP contribution in [0.2, 0.25) is 0 Å². The zero-order valence-electron chi connectivity index (χ0n) is 9.26. The lowest BCUT2D eigenvalue weighted by Gasteiger charge is -2.37. The third-order valence-electron chi connectivity index (χ3n) is 3.53. The third-order valence-corrected chi connectivity index (χ3v) is 3.53. The highest BCUT2D eigenvalue weighted by atomic mass is 16.1. The van der Waals surface area contributed by atoms with Gasteiger partial charge in [0.2, 0.25) is 6.08 Å². The highest BCUT2D eigenvalue weighted by Crippen LogP contribution is 2.46. The van der Waals surface area contributed by atoms with Crippen molar-refractivity contribution in [1.82, 2.24) is 10.2 Å². The van der Waals surface area contributed by atoms with Crippen molar-refractivity contribution in [2.24, 2.45) is 4.99 Å². The van der Waals surface area contributed by atoms with Gasteiger partial charge in [0.25, 0.3) is 0 Å². The van der Waals surface area contributed by atoms with Crippen LogP contribution in [0.3, 0.4) is 0 Å². The number of nitrogens with zero attached hydrogens (tertiary/aromatic N) is 3. The van der Waals surface area contributed by atoms with E-state index in [1.54, 1.807) is 18.5 Å². The molecule has 1 heterocycles. The van der Waals surface area contributed by atoms with Crippen LogP contribution in [-0.2, 0) is 10.3 Å². The minimum absolute atomic E-state index is 0.371. The summed E-state index contributed by atoms with van der Waals surface area (Å²) >= 11 is 0. The predicted molar refractivity (Wildman–Crippen MR) is 63.2 cm³/mol. The van der Waals surface area contributed by atoms with Crippen molar-refractivity contribution in [3.05, 3.63) is 36.2 Å². The summed E-state index contributed by atoms with van der Waals surface area (Å²) in [5.41, 5.74) is 0.698. The largest absolute Gasteiger partial charge is 0.235 e. The summed E-state index contributed by atoms with van der Waals surface area (Å²) in [6.45, 7) is 0. The van der Waals surface area contributed by atoms with Gasteiger partial charge in [-0.15, -0.1) is 0 Å². The summed E-state index contributed by atoms with van der Waals surface area (Å²) in [6.07, 6.45) is 8.10. The number of isocyanates is 1. The number of aromatic nitrogens is 2. The van der Waals surface area contributed by atoms with E-state index in [1.165, 1.54) is 0 Å². The number of rotatable bonds is 2. The van der Waals surface area contributed by atoms with Crippen molar-refractivity contribution >= 4 is 16.9 Å². The summed E-state index contributed by atoms with van der Waals surface area (Å²) in [7, 11) is 0. The second-order valence-electron chi connectivity index (χ2n) is 4.39. The number of hydrogen-bond donors (Lipinski definition) is 0. The van der Waals surface area contributed by atoms with Crippen LogP contribution in [0.5, 0.6) is 0 Å². The first-order valence-electron chi connectivity index (χ1n) is 5.65. The monoisotopic (exact) mass is 225 g/mol. The fourth-order valence-electron chi connectivity index (χ4n) is 2.47. The highest BCUT2D eigenvalue weighted by Gasteiger charge is 2.39. The second-order valence-corrected chi connectivity index (χ2v) is 4.39. The van der Waals surface area contributed by atoms with Gasteiger partial charge in [0.1, 0.15) is 0 Å². The molecule has 1 aromatic heterocycles. The molecule has 0 spiro atoms. The molecule has 1 aromatic carbocycles. The average Bonchev–Trinajstić information content (AvgIpc) is 2.33. The molecule has 0 amide bonds. The molecule has 0 unspecified atom stereocenters. The number of hydrogen-bond acceptors (Lipinski definition) is 4. The van der Waals surface area contributed by atoms with Crippen LogP contribution in [0.1, 0.15) is 24.8 Å². The van der Waals surface area contributed by atoms with Crippen LogP contribution in [0.4, 0.5) is 0 Å². The molecule has 4 nitrogen and oxygen atoms in total. The predicted octanol–water partition coefficient (Wildman–Crippen LogP) is 2.34. The minimum Gasteiger partial charge on any atom is -0.211 e. The van der Waals surface area contributed by atoms with Crippen LogP contribution < -0.4 is 0 Å². The Labute approximate surface area is 98.4 Å². The number of fused-ring (bicyclic) bond motifs is 1. The molecule has 0 radical (unpaired) electrons. The molecule has 2 aromatic rings. The molecule has 1 fully saturated rings. The van der Waals surface area contributed by atoms with Crippen LogP contribution in [-0.4, -0.2) is 16.3 Å². The summed E-state index contributed by atoms with van der Waals surface area (Å²) in [5, 5.41) is 9.84. The first-order valence-corrected chi connectivity index (χ1v) is 5.65. The van der Waals surface area contributed by atoms with E-state index in [0.717, 1.165) is 35.6 Å². The van der Waals surface area contributed by atoms with Crippen LogP contribution in [0.15, 0.2) is 35.6 Å². The molecule has 3 rings (SSSR count). The zero-order valence-corrected chi connectivity index (χ0v) is 9.26. The van der Waals surface area contributed by atoms with Gasteiger partial charge in [-0.25, -0.2) is 4.79 Å². The molecule has 0 N–H and O–H groups in total. The Morgan fingerprint density at radius 3 is 2.76 bits per heavy atom. The second kappa shape index (κ2) is 3.75. The van der Waals surface area contributed by atoms with Crippen molar-refractivity contribution in [2.75, 3.05) is 0 Å². The fraction of sp³-hybridized carbons (Fsp3) is 0.308. The Bertz CT molecular complexity index is 608. The molecule has 1 aliphatic rings. The Hall–Kier alpha value is -2.06. The maximum absolute atomic E-state index is 10.6. The smallest absolute Gasteiger partial charge is 0.211 e. The first-order chi connectivity index (χ1) is 8.36. The van der Waals surface area contributed by atoms with Crippen molar-refractivity contribution < 1.29 is 4.79 Å². The van der Waals surface area contributed by atoms with Crippen LogP contribution in [0.25, 0.3) is 10.8 Å². The number of benzene rings is 1. The zero-order chi connectivity index (χ0) is 11.7. The quantitative estimate of drug-likeness (QED) is 0.582. The topological polar surface area (TPSA) is 55.2 Å². The summed E-state index contributed by atoms with van der Waals surface area (Å²) in [6, 6.07) is 5.98. The first kappa shape index (κ1) is 10.1. The Kier molecular flexibility index (Phi) is 2.23. The van der Waals surface area contributed by atoms with Gasteiger partial charge in [-0.3, -0.25) is 0 Å². The van der Waals surface area contributed by atoms with Crippen molar-refractivity contribution in [2.45, 2.75) is 24.8 Å². The lowest BCUT2D eigenvalue weighted by Crippen LogP contribution is -2.32. The Balaban J connectivity index is 2.26. The standard InChI is InChI=1S/C13H11N3O/c17-9-14-13(5-2-6-13)12-4-1-3-10-7-15-16-8-11(10)12/h1,3-4,7-8H,2,5-6H2. The molecule has 1 saturated carbocycles. The molecule has 0 bridgehead atoms. The van der Waals surface area contributed by atoms with Gasteiger partial charge in [0, 0.05) is 10.8 Å². The maximum Gasteiger partial charge on any atom is 0.235 e. The molecule has 1 aliphatic carbocycles. The van der Waals surface area contributed by atoms with E-state index < -0.39 is 0 Å². The number of aliphatic imine (C=N–C) groups is 1. The summed E-state index contributed by atoms with van der Waals surface area (Å²) < 4.78 is 0. The van der Waals surface area contributed by atoms with E-state index in [0.29, 0.717) is 0 Å². The van der Waals surface area contributed by atoms with Crippen molar-refractivity contribution in [3.8, 4) is 0 Å². The van der Waals surface area contributed by atoms with Gasteiger partial charge >= 0.3 is 0 Å². The molecule has 0 atom stereocenters. The van der Waals surface area contributed by atoms with Crippen molar-refractivity contribution in [3.63, 3.8) is 0 Å². The van der Waals surface area contributed by atoms with E-state index in [9.17, 15) is 4.79 Å². The van der Waals surface area contributed by atoms with Gasteiger partial charge in [-0.1, -0.05) is 18.2 Å². The molecular formula is C13H11N3O. The summed E-state index contributed by atoms with van der Waals surface area (Å²) in [4.78, 5) is 14.6. The molecule has 0 aliphatic heterocycles. The lowest BCUT2D eigenvalue weighted by molar-refractivity contribution is 0.258. The van der Waals surface area contributed by atoms with E-state index in [4.69, 9.17) is 0 Å². The van der Waals surface area contributed by atoms with E-state index in [1.807, 2.05) is 18.2 Å². The molecule has 4 heteroatoms. The minimum atomic E-state index is -0.371. The Morgan fingerprint density at radius 1 is 1.24 bits per heavy atom. The third kappa shape index (κ3) is 1.46. The van der Waals surface area contributed by atoms with Crippen LogP contribution in [0, 0.1) is 0 Å². The molecule has 17 heavy (non-hydrogen) atoms. The SMILES string of the molecule is O=C=NC1(c2cccc3cnncc23)CCC1. The van der Waals surface area contributed by atoms with E-state index in [-0.39, 0.29) is 5.54 Å². The number of carbonyl (C=O) groups excluding carboxylic acids is 1. The van der Waals surface area contributed by atoms with E-state index in [2.05, 4.69) is 15.2 Å². The maximum atomic E-state index is 10.6. The van der Waals surface area contributed by atoms with Crippen LogP contribution >= 0.6 is 0 Å². The normalized spacial score (nSPS) is 17.2. The summed E-state index contributed by atoms with van der Waals surface area (Å²) in [5.74, 6) is 0. The van der Waals surface area contributed by atoms with Crippen molar-refractivity contribution in [1.29, 1.82) is 0 Å². The van der Waals surface area contributed by atoms with Gasteiger partial charge in [0.05, 0.1) is 17.9 Å². The molecule has 84 valence electrons. The lowest BCUT2D eigenvalue weighted by atomic mass is 9.71. The van der Waals surface area contributed by atoms with Gasteiger partial charge in [-0.05, 0) is 24.8 Å². The van der Waals surface area contributed by atoms with E-state index >= 15 is 0 Å². The molecule has 0 saturated heterocycles. The fourth-order valence-corrected chi connectivity index (χ4v) is 2.47. The van der Waals surface area contributed by atoms with Gasteiger partial charge in [-0.2, -0.15) is 15.2 Å². The van der Waals surface area contributed by atoms with Gasteiger partial charge < -0.3 is 0 Å². The van der Waals surface area contributed by atoms with Gasteiger partial charge in [0.15, 0.2) is 0 Å². The molecular weight excluding hydrogens is 214 g/mol. The highest BCUT2D eigenvalue weighted by molar-refractivity contribution is 5.85. The average molecular weight is 225 g/mol.